The number of amides is 1. The molecule has 1 amide bonds. The zero-order chi connectivity index (χ0) is 16.2. The zero-order valence-electron chi connectivity index (χ0n) is 13.1. The van der Waals surface area contributed by atoms with Crippen molar-refractivity contribution >= 4 is 11.7 Å². The van der Waals surface area contributed by atoms with Gasteiger partial charge in [0.25, 0.3) is 5.91 Å². The average Bonchev–Trinajstić information content (AvgIpc) is 3.03. The number of nitrogens with zero attached hydrogens (tertiary/aromatic N) is 2. The minimum Gasteiger partial charge on any atom is -0.496 e. The Morgan fingerprint density at radius 2 is 2.09 bits per heavy atom. The van der Waals surface area contributed by atoms with Crippen LogP contribution in [0.2, 0.25) is 0 Å². The second-order valence-electron chi connectivity index (χ2n) is 5.75. The van der Waals surface area contributed by atoms with Crippen molar-refractivity contribution in [3.63, 3.8) is 0 Å². The molecule has 3 rings (SSSR count). The van der Waals surface area contributed by atoms with Gasteiger partial charge in [-0.1, -0.05) is 19.3 Å². The molecule has 5 nitrogen and oxygen atoms in total. The van der Waals surface area contributed by atoms with Crippen molar-refractivity contribution < 1.29 is 13.9 Å². The maximum atomic E-state index is 13.4. The molecular weight excluding hydrogens is 297 g/mol. The van der Waals surface area contributed by atoms with Crippen molar-refractivity contribution in [2.45, 2.75) is 38.1 Å². The molecule has 1 fully saturated rings. The summed E-state index contributed by atoms with van der Waals surface area (Å²) in [4.78, 5) is 12.5. The fourth-order valence-corrected chi connectivity index (χ4v) is 3.07. The van der Waals surface area contributed by atoms with E-state index in [0.29, 0.717) is 17.6 Å². The Bertz CT molecular complexity index is 693. The van der Waals surface area contributed by atoms with Crippen LogP contribution in [0.15, 0.2) is 30.5 Å². The number of nitrogens with one attached hydrogen (secondary N) is 1. The third-order valence-electron chi connectivity index (χ3n) is 4.24. The molecule has 1 aromatic heterocycles. The Labute approximate surface area is 134 Å². The van der Waals surface area contributed by atoms with Crippen LogP contribution >= 0.6 is 0 Å². The largest absolute Gasteiger partial charge is 0.496 e. The second-order valence-corrected chi connectivity index (χ2v) is 5.75. The number of hydrogen-bond donors (Lipinski definition) is 1. The summed E-state index contributed by atoms with van der Waals surface area (Å²) in [7, 11) is 1.45. The molecule has 1 aliphatic carbocycles. The summed E-state index contributed by atoms with van der Waals surface area (Å²) in [5.41, 5.74) is 0.170. The summed E-state index contributed by atoms with van der Waals surface area (Å²) in [6.07, 6.45) is 7.40. The van der Waals surface area contributed by atoms with Gasteiger partial charge in [0.15, 0.2) is 0 Å². The van der Waals surface area contributed by atoms with Crippen molar-refractivity contribution in [1.82, 2.24) is 9.78 Å². The summed E-state index contributed by atoms with van der Waals surface area (Å²) in [6, 6.07) is 5.96. The first kappa shape index (κ1) is 15.5. The van der Waals surface area contributed by atoms with E-state index in [-0.39, 0.29) is 5.56 Å². The fourth-order valence-electron chi connectivity index (χ4n) is 3.07. The highest BCUT2D eigenvalue weighted by atomic mass is 19.1. The number of methoxy groups -OCH3 is 1. The van der Waals surface area contributed by atoms with Crippen LogP contribution in [-0.4, -0.2) is 22.8 Å². The molecule has 122 valence electrons. The Balaban J connectivity index is 1.81. The van der Waals surface area contributed by atoms with Crippen LogP contribution in [0, 0.1) is 5.82 Å². The van der Waals surface area contributed by atoms with Crippen molar-refractivity contribution in [2.75, 3.05) is 12.4 Å². The van der Waals surface area contributed by atoms with Crippen LogP contribution in [0.5, 0.6) is 5.75 Å². The molecule has 0 unspecified atom stereocenters. The number of anilines is 1. The minimum absolute atomic E-state index is 0.170. The Kier molecular flexibility index (Phi) is 4.60. The number of aromatic nitrogens is 2. The van der Waals surface area contributed by atoms with Gasteiger partial charge in [0.05, 0.1) is 24.9 Å². The molecule has 0 aliphatic heterocycles. The molecule has 1 aliphatic rings. The topological polar surface area (TPSA) is 56.1 Å². The van der Waals surface area contributed by atoms with Gasteiger partial charge >= 0.3 is 0 Å². The number of rotatable bonds is 4. The molecule has 2 aromatic rings. The number of ether oxygens (including phenoxy) is 1. The van der Waals surface area contributed by atoms with Gasteiger partial charge < -0.3 is 10.1 Å². The Morgan fingerprint density at radius 3 is 2.83 bits per heavy atom. The van der Waals surface area contributed by atoms with Gasteiger partial charge in [-0.2, -0.15) is 5.10 Å². The number of hydrogen-bond acceptors (Lipinski definition) is 3. The number of halogens is 1. The first-order valence-corrected chi connectivity index (χ1v) is 7.87. The van der Waals surface area contributed by atoms with E-state index >= 15 is 0 Å². The molecule has 0 spiro atoms. The van der Waals surface area contributed by atoms with Crippen molar-refractivity contribution in [2.24, 2.45) is 0 Å². The van der Waals surface area contributed by atoms with Crippen LogP contribution in [0.25, 0.3) is 0 Å². The number of benzene rings is 1. The van der Waals surface area contributed by atoms with Crippen LogP contribution in [0.4, 0.5) is 10.2 Å². The van der Waals surface area contributed by atoms with Gasteiger partial charge in [0.2, 0.25) is 0 Å². The molecule has 6 heteroatoms. The molecule has 1 aromatic carbocycles. The lowest BCUT2D eigenvalue weighted by molar-refractivity contribution is 0.102. The van der Waals surface area contributed by atoms with Crippen molar-refractivity contribution in [3.05, 3.63) is 41.8 Å². The second kappa shape index (κ2) is 6.81. The predicted octanol–water partition coefficient (Wildman–Crippen LogP) is 3.79. The Morgan fingerprint density at radius 1 is 1.30 bits per heavy atom. The Hall–Kier alpha value is -2.37. The molecule has 0 atom stereocenters. The molecule has 23 heavy (non-hydrogen) atoms. The monoisotopic (exact) mass is 317 g/mol. The first-order valence-electron chi connectivity index (χ1n) is 7.87. The van der Waals surface area contributed by atoms with E-state index < -0.39 is 11.7 Å². The maximum Gasteiger partial charge on any atom is 0.260 e. The van der Waals surface area contributed by atoms with E-state index in [1.54, 1.807) is 12.3 Å². The van der Waals surface area contributed by atoms with Crippen LogP contribution in [-0.2, 0) is 0 Å². The molecule has 1 N–H and O–H groups in total. The van der Waals surface area contributed by atoms with Crippen molar-refractivity contribution in [1.29, 1.82) is 0 Å². The van der Waals surface area contributed by atoms with Crippen molar-refractivity contribution in [3.8, 4) is 5.75 Å². The van der Waals surface area contributed by atoms with Gasteiger partial charge in [-0.3, -0.25) is 4.79 Å². The van der Waals surface area contributed by atoms with Crippen LogP contribution < -0.4 is 10.1 Å². The molecule has 0 bridgehead atoms. The van der Waals surface area contributed by atoms with Gasteiger partial charge in [0, 0.05) is 6.07 Å². The normalized spacial score (nSPS) is 15.4. The highest BCUT2D eigenvalue weighted by Gasteiger charge is 2.20. The molecule has 0 saturated heterocycles. The van der Waals surface area contributed by atoms with Gasteiger partial charge in [-0.25, -0.2) is 9.07 Å². The summed E-state index contributed by atoms with van der Waals surface area (Å²) >= 11 is 0. The van der Waals surface area contributed by atoms with Crippen LogP contribution in [0.1, 0.15) is 48.5 Å². The number of carbonyl (C=O) groups excluding carboxylic acids is 1. The molecule has 0 radical (unpaired) electrons. The molecule has 1 heterocycles. The van der Waals surface area contributed by atoms with Gasteiger partial charge in [-0.15, -0.1) is 0 Å². The van der Waals surface area contributed by atoms with E-state index in [1.807, 2.05) is 4.68 Å². The molecular formula is C17H20FN3O2. The lowest BCUT2D eigenvalue weighted by Crippen LogP contribution is -2.20. The SMILES string of the molecule is COc1ccc(F)cc1C(=O)Nc1ccnn1C1CCCCC1. The zero-order valence-corrected chi connectivity index (χ0v) is 13.1. The summed E-state index contributed by atoms with van der Waals surface area (Å²) in [6.45, 7) is 0. The smallest absolute Gasteiger partial charge is 0.260 e. The summed E-state index contributed by atoms with van der Waals surface area (Å²) < 4.78 is 20.4. The van der Waals surface area contributed by atoms with Crippen LogP contribution in [0.3, 0.4) is 0 Å². The lowest BCUT2D eigenvalue weighted by atomic mass is 9.96. The van der Waals surface area contributed by atoms with Gasteiger partial charge in [0.1, 0.15) is 17.4 Å². The van der Waals surface area contributed by atoms with E-state index in [9.17, 15) is 9.18 Å². The standard InChI is InChI=1S/C17H20FN3O2/c1-23-15-8-7-12(18)11-14(15)17(22)20-16-9-10-19-21(16)13-5-3-2-4-6-13/h7-11,13H,2-6H2,1H3,(H,20,22). The molecule has 1 saturated carbocycles. The third-order valence-corrected chi connectivity index (χ3v) is 4.24. The minimum atomic E-state index is -0.475. The number of carbonyl (C=O) groups is 1. The average molecular weight is 317 g/mol. The van der Waals surface area contributed by atoms with E-state index in [0.717, 1.165) is 12.8 Å². The van der Waals surface area contributed by atoms with E-state index in [2.05, 4.69) is 10.4 Å². The predicted molar refractivity (Wildman–Crippen MR) is 85.3 cm³/mol. The highest BCUT2D eigenvalue weighted by molar-refractivity contribution is 6.05. The fraction of sp³-hybridized carbons (Fsp3) is 0.412. The third kappa shape index (κ3) is 3.36. The van der Waals surface area contributed by atoms with Gasteiger partial charge in [-0.05, 0) is 31.0 Å². The lowest BCUT2D eigenvalue weighted by Gasteiger charge is -2.24. The summed E-state index contributed by atoms with van der Waals surface area (Å²) in [5.74, 6) is 0.0940. The maximum absolute atomic E-state index is 13.4. The summed E-state index contributed by atoms with van der Waals surface area (Å²) in [5, 5.41) is 7.16. The van der Waals surface area contributed by atoms with E-state index in [1.165, 1.54) is 44.6 Å². The highest BCUT2D eigenvalue weighted by Crippen LogP contribution is 2.30. The first-order chi connectivity index (χ1) is 11.2. The van der Waals surface area contributed by atoms with E-state index in [4.69, 9.17) is 4.74 Å². The quantitative estimate of drug-likeness (QED) is 0.933.